The monoisotopic (exact) mass is 335 g/mol. The van der Waals surface area contributed by atoms with Crippen molar-refractivity contribution in [2.75, 3.05) is 25.4 Å². The Balaban J connectivity index is 1.66. The zero-order valence-electron chi connectivity index (χ0n) is 13.8. The van der Waals surface area contributed by atoms with Gasteiger partial charge in [0.25, 0.3) is 0 Å². The van der Waals surface area contributed by atoms with E-state index in [1.54, 1.807) is 13.8 Å². The molecule has 0 aliphatic carbocycles. The molecule has 0 radical (unpaired) electrons. The number of para-hydroxylation sites is 2. The lowest BCUT2D eigenvalue weighted by Gasteiger charge is -2.31. The number of nitrogens with one attached hydrogen (secondary N) is 1. The fraction of sp³-hybridized carbons (Fsp3) is 0.588. The number of aromatic nitrogens is 2. The van der Waals surface area contributed by atoms with E-state index in [2.05, 4.69) is 9.88 Å². The summed E-state index contributed by atoms with van der Waals surface area (Å²) in [5.74, 6) is 1.64. The molecule has 0 unspecified atom stereocenters. The first-order chi connectivity index (χ1) is 11.0. The molecule has 1 aliphatic rings. The first-order valence-corrected chi connectivity index (χ1v) is 10.1. The van der Waals surface area contributed by atoms with Crippen molar-refractivity contribution < 1.29 is 8.42 Å². The van der Waals surface area contributed by atoms with E-state index < -0.39 is 9.84 Å². The lowest BCUT2D eigenvalue weighted by molar-refractivity contribution is 0.215. The SMILES string of the molecule is CC(C)S(=O)(=O)CCN1CCC[C@@H](c2nc3ccccc3[nH]2)C1. The van der Waals surface area contributed by atoms with Gasteiger partial charge in [0.1, 0.15) is 5.82 Å². The van der Waals surface area contributed by atoms with Crippen LogP contribution in [-0.4, -0.2) is 53.9 Å². The number of piperidine rings is 1. The summed E-state index contributed by atoms with van der Waals surface area (Å²) in [6.07, 6.45) is 2.19. The van der Waals surface area contributed by atoms with Crippen LogP contribution in [0.4, 0.5) is 0 Å². The Morgan fingerprint density at radius 3 is 2.87 bits per heavy atom. The summed E-state index contributed by atoms with van der Waals surface area (Å²) < 4.78 is 24.0. The third kappa shape index (κ3) is 3.75. The number of sulfone groups is 1. The number of benzene rings is 1. The molecule has 1 aromatic carbocycles. The molecule has 0 spiro atoms. The molecule has 0 amide bonds. The van der Waals surface area contributed by atoms with Crippen molar-refractivity contribution in [3.8, 4) is 0 Å². The second-order valence-corrected chi connectivity index (χ2v) is 9.37. The average Bonchev–Trinajstić information content (AvgIpc) is 2.97. The minimum absolute atomic E-state index is 0.248. The molecule has 23 heavy (non-hydrogen) atoms. The van der Waals surface area contributed by atoms with Crippen molar-refractivity contribution in [2.45, 2.75) is 37.9 Å². The standard InChI is InChI=1S/C17H25N3O2S/c1-13(2)23(21,22)11-10-20-9-5-6-14(12-20)17-18-15-7-3-4-8-16(15)19-17/h3-4,7-8,13-14H,5-6,9-12H2,1-2H3,(H,18,19)/t14-/m1/s1. The van der Waals surface area contributed by atoms with Crippen LogP contribution in [0, 0.1) is 0 Å². The van der Waals surface area contributed by atoms with Gasteiger partial charge in [-0.3, -0.25) is 0 Å². The molecule has 1 aliphatic heterocycles. The number of nitrogens with zero attached hydrogens (tertiary/aromatic N) is 2. The molecule has 6 heteroatoms. The number of hydrogen-bond donors (Lipinski definition) is 1. The third-order valence-electron chi connectivity index (χ3n) is 4.71. The topological polar surface area (TPSA) is 66.1 Å². The van der Waals surface area contributed by atoms with Crippen LogP contribution in [0.3, 0.4) is 0 Å². The smallest absolute Gasteiger partial charge is 0.153 e. The van der Waals surface area contributed by atoms with Crippen molar-refractivity contribution in [3.05, 3.63) is 30.1 Å². The van der Waals surface area contributed by atoms with Crippen molar-refractivity contribution in [3.63, 3.8) is 0 Å². The molecule has 5 nitrogen and oxygen atoms in total. The normalized spacial score (nSPS) is 20.4. The molecular weight excluding hydrogens is 310 g/mol. The number of fused-ring (bicyclic) bond motifs is 1. The molecule has 2 aromatic rings. The molecule has 0 saturated carbocycles. The largest absolute Gasteiger partial charge is 0.342 e. The summed E-state index contributed by atoms with van der Waals surface area (Å²) in [6.45, 7) is 5.99. The highest BCUT2D eigenvalue weighted by Crippen LogP contribution is 2.26. The summed E-state index contributed by atoms with van der Waals surface area (Å²) in [7, 11) is -2.97. The van der Waals surface area contributed by atoms with Gasteiger partial charge in [0, 0.05) is 19.0 Å². The maximum atomic E-state index is 12.0. The predicted octanol–water partition coefficient (Wildman–Crippen LogP) is 2.57. The molecule has 1 aromatic heterocycles. The third-order valence-corrected chi connectivity index (χ3v) is 6.90. The lowest BCUT2D eigenvalue weighted by atomic mass is 9.97. The summed E-state index contributed by atoms with van der Waals surface area (Å²) in [4.78, 5) is 10.4. The molecule has 3 rings (SSSR count). The number of likely N-dealkylation sites (tertiary alicyclic amines) is 1. The average molecular weight is 335 g/mol. The number of rotatable bonds is 5. The summed E-state index contributed by atoms with van der Waals surface area (Å²) >= 11 is 0. The van der Waals surface area contributed by atoms with Gasteiger partial charge in [-0.1, -0.05) is 12.1 Å². The van der Waals surface area contributed by atoms with Crippen molar-refractivity contribution in [2.24, 2.45) is 0 Å². The second-order valence-electron chi connectivity index (χ2n) is 6.69. The first kappa shape index (κ1) is 16.5. The van der Waals surface area contributed by atoms with Gasteiger partial charge in [0.05, 0.1) is 22.0 Å². The van der Waals surface area contributed by atoms with Crippen LogP contribution >= 0.6 is 0 Å². The Morgan fingerprint density at radius 2 is 2.13 bits per heavy atom. The van der Waals surface area contributed by atoms with Crippen LogP contribution in [0.2, 0.25) is 0 Å². The van der Waals surface area contributed by atoms with Crippen LogP contribution in [-0.2, 0) is 9.84 Å². The van der Waals surface area contributed by atoms with E-state index in [1.807, 2.05) is 24.3 Å². The highest BCUT2D eigenvalue weighted by Gasteiger charge is 2.25. The highest BCUT2D eigenvalue weighted by molar-refractivity contribution is 7.92. The quantitative estimate of drug-likeness (QED) is 0.912. The van der Waals surface area contributed by atoms with Crippen molar-refractivity contribution in [1.29, 1.82) is 0 Å². The second kappa shape index (κ2) is 6.61. The maximum absolute atomic E-state index is 12.0. The molecule has 0 bridgehead atoms. The maximum Gasteiger partial charge on any atom is 0.153 e. The van der Waals surface area contributed by atoms with E-state index >= 15 is 0 Å². The molecule has 126 valence electrons. The Bertz CT molecular complexity index is 734. The van der Waals surface area contributed by atoms with E-state index in [0.717, 1.165) is 42.8 Å². The number of aromatic amines is 1. The minimum Gasteiger partial charge on any atom is -0.342 e. The Labute approximate surface area is 138 Å². The minimum atomic E-state index is -2.97. The van der Waals surface area contributed by atoms with Crippen LogP contribution in [0.1, 0.15) is 38.4 Å². The Kier molecular flexibility index (Phi) is 4.73. The molecule has 1 N–H and O–H groups in total. The summed E-state index contributed by atoms with van der Waals surface area (Å²) in [6, 6.07) is 8.07. The number of H-pyrrole nitrogens is 1. The molecule has 1 fully saturated rings. The molecule has 1 atom stereocenters. The van der Waals surface area contributed by atoms with E-state index in [1.165, 1.54) is 0 Å². The van der Waals surface area contributed by atoms with Gasteiger partial charge in [-0.2, -0.15) is 0 Å². The van der Waals surface area contributed by atoms with Gasteiger partial charge in [-0.05, 0) is 45.4 Å². The predicted molar refractivity (Wildman–Crippen MR) is 93.4 cm³/mol. The van der Waals surface area contributed by atoms with Crippen LogP contribution < -0.4 is 0 Å². The highest BCUT2D eigenvalue weighted by atomic mass is 32.2. The van der Waals surface area contributed by atoms with Gasteiger partial charge in [-0.25, -0.2) is 13.4 Å². The van der Waals surface area contributed by atoms with Gasteiger partial charge < -0.3 is 9.88 Å². The zero-order chi connectivity index (χ0) is 16.4. The number of imidazole rings is 1. The van der Waals surface area contributed by atoms with Gasteiger partial charge in [0.2, 0.25) is 0 Å². The van der Waals surface area contributed by atoms with Gasteiger partial charge >= 0.3 is 0 Å². The Hall–Kier alpha value is -1.40. The van der Waals surface area contributed by atoms with Crippen LogP contribution in [0.15, 0.2) is 24.3 Å². The van der Waals surface area contributed by atoms with E-state index in [-0.39, 0.29) is 11.0 Å². The summed E-state index contributed by atoms with van der Waals surface area (Å²) in [5.41, 5.74) is 2.07. The van der Waals surface area contributed by atoms with Crippen molar-refractivity contribution >= 4 is 20.9 Å². The van der Waals surface area contributed by atoms with E-state index in [0.29, 0.717) is 12.5 Å². The fourth-order valence-electron chi connectivity index (χ4n) is 3.14. The van der Waals surface area contributed by atoms with Crippen molar-refractivity contribution in [1.82, 2.24) is 14.9 Å². The first-order valence-electron chi connectivity index (χ1n) is 8.34. The molecule has 2 heterocycles. The number of hydrogen-bond acceptors (Lipinski definition) is 4. The van der Waals surface area contributed by atoms with Crippen LogP contribution in [0.5, 0.6) is 0 Å². The zero-order valence-corrected chi connectivity index (χ0v) is 14.6. The van der Waals surface area contributed by atoms with Crippen LogP contribution in [0.25, 0.3) is 11.0 Å². The molecule has 1 saturated heterocycles. The van der Waals surface area contributed by atoms with Gasteiger partial charge in [0.15, 0.2) is 9.84 Å². The fourth-order valence-corrected chi connectivity index (χ4v) is 4.12. The van der Waals surface area contributed by atoms with Gasteiger partial charge in [-0.15, -0.1) is 0 Å². The Morgan fingerprint density at radius 1 is 1.35 bits per heavy atom. The molecular formula is C17H25N3O2S. The summed E-state index contributed by atoms with van der Waals surface area (Å²) in [5, 5.41) is -0.293. The van der Waals surface area contributed by atoms with E-state index in [9.17, 15) is 8.42 Å². The lowest BCUT2D eigenvalue weighted by Crippen LogP contribution is -2.38. The van der Waals surface area contributed by atoms with E-state index in [4.69, 9.17) is 4.98 Å².